The molecule has 0 radical (unpaired) electrons. The average molecular weight is 286 g/mol. The summed E-state index contributed by atoms with van der Waals surface area (Å²) >= 11 is 0. The smallest absolute Gasteiger partial charge is 0.410 e. The number of carbonyl (C=O) groups excluding carboxylic acids is 1. The standard InChI is InChI=1S/C14H30N4O2/c1-7-9-18(13(19)20-14(4,5)6)10-8-16-12(15)17-11(2)3/h11H,7-10H2,1-6H3,(H3,15,16,17). The van der Waals surface area contributed by atoms with Crippen LogP contribution in [0.2, 0.25) is 0 Å². The van der Waals surface area contributed by atoms with Crippen LogP contribution in [0.5, 0.6) is 0 Å². The average Bonchev–Trinajstić information content (AvgIpc) is 2.24. The zero-order chi connectivity index (χ0) is 15.8. The highest BCUT2D eigenvalue weighted by atomic mass is 16.6. The Morgan fingerprint density at radius 2 is 1.95 bits per heavy atom. The summed E-state index contributed by atoms with van der Waals surface area (Å²) in [6.07, 6.45) is 0.577. The quantitative estimate of drug-likeness (QED) is 0.577. The van der Waals surface area contributed by atoms with Gasteiger partial charge in [-0.05, 0) is 41.0 Å². The van der Waals surface area contributed by atoms with Crippen LogP contribution in [0.1, 0.15) is 48.0 Å². The summed E-state index contributed by atoms with van der Waals surface area (Å²) in [6, 6.07) is 0.247. The van der Waals surface area contributed by atoms with Gasteiger partial charge in [0.2, 0.25) is 0 Å². The zero-order valence-electron chi connectivity index (χ0n) is 13.7. The Morgan fingerprint density at radius 3 is 2.40 bits per heavy atom. The lowest BCUT2D eigenvalue weighted by Gasteiger charge is -2.26. The van der Waals surface area contributed by atoms with E-state index in [1.165, 1.54) is 0 Å². The molecule has 0 saturated carbocycles. The summed E-state index contributed by atoms with van der Waals surface area (Å²) in [5.41, 5.74) is 5.24. The van der Waals surface area contributed by atoms with Crippen molar-refractivity contribution in [2.75, 3.05) is 19.6 Å². The van der Waals surface area contributed by atoms with Crippen molar-refractivity contribution in [1.29, 1.82) is 0 Å². The molecule has 0 aromatic rings. The number of guanidine groups is 1. The van der Waals surface area contributed by atoms with Crippen LogP contribution >= 0.6 is 0 Å². The molecular weight excluding hydrogens is 256 g/mol. The highest BCUT2D eigenvalue weighted by Gasteiger charge is 2.21. The molecule has 0 fully saturated rings. The monoisotopic (exact) mass is 286 g/mol. The second-order valence-corrected chi connectivity index (χ2v) is 6.03. The van der Waals surface area contributed by atoms with E-state index in [1.54, 1.807) is 4.90 Å². The van der Waals surface area contributed by atoms with E-state index in [2.05, 4.69) is 10.3 Å². The maximum absolute atomic E-state index is 12.0. The highest BCUT2D eigenvalue weighted by molar-refractivity contribution is 5.78. The van der Waals surface area contributed by atoms with Gasteiger partial charge in [0.15, 0.2) is 5.96 Å². The summed E-state index contributed by atoms with van der Waals surface area (Å²) in [5, 5.41) is 3.01. The van der Waals surface area contributed by atoms with Crippen LogP contribution in [-0.2, 0) is 4.74 Å². The van der Waals surface area contributed by atoms with Crippen LogP contribution in [0.25, 0.3) is 0 Å². The van der Waals surface area contributed by atoms with Crippen LogP contribution in [0.4, 0.5) is 4.79 Å². The summed E-state index contributed by atoms with van der Waals surface area (Å²) in [6.45, 7) is 13.2. The third-order valence-corrected chi connectivity index (χ3v) is 2.23. The Hall–Kier alpha value is -1.46. The largest absolute Gasteiger partial charge is 0.444 e. The van der Waals surface area contributed by atoms with E-state index in [0.717, 1.165) is 6.42 Å². The van der Waals surface area contributed by atoms with Gasteiger partial charge in [-0.15, -0.1) is 0 Å². The second kappa shape index (κ2) is 8.66. The second-order valence-electron chi connectivity index (χ2n) is 6.03. The fourth-order valence-corrected chi connectivity index (χ4v) is 1.52. The van der Waals surface area contributed by atoms with E-state index in [-0.39, 0.29) is 12.1 Å². The fourth-order valence-electron chi connectivity index (χ4n) is 1.52. The number of hydrogen-bond acceptors (Lipinski definition) is 3. The lowest BCUT2D eigenvalue weighted by Crippen LogP contribution is -2.40. The van der Waals surface area contributed by atoms with Crippen LogP contribution in [0.15, 0.2) is 4.99 Å². The predicted octanol–water partition coefficient (Wildman–Crippen LogP) is 1.95. The molecule has 0 aromatic carbocycles. The van der Waals surface area contributed by atoms with Crippen LogP contribution < -0.4 is 11.1 Å². The molecule has 0 saturated heterocycles. The van der Waals surface area contributed by atoms with Crippen LogP contribution in [-0.4, -0.2) is 48.2 Å². The van der Waals surface area contributed by atoms with E-state index in [4.69, 9.17) is 10.5 Å². The number of rotatable bonds is 6. The first-order valence-corrected chi connectivity index (χ1v) is 7.20. The van der Waals surface area contributed by atoms with Gasteiger partial charge < -0.3 is 20.7 Å². The first-order chi connectivity index (χ1) is 9.15. The molecule has 6 nitrogen and oxygen atoms in total. The third kappa shape index (κ3) is 9.47. The Bertz CT molecular complexity index is 322. The normalized spacial score (nSPS) is 12.4. The molecule has 0 unspecified atom stereocenters. The SMILES string of the molecule is CCCN(CCN=C(N)NC(C)C)C(=O)OC(C)(C)C. The Labute approximate surface area is 122 Å². The van der Waals surface area contributed by atoms with Crippen molar-refractivity contribution in [1.82, 2.24) is 10.2 Å². The molecule has 0 aliphatic heterocycles. The molecule has 0 aromatic heterocycles. The number of amides is 1. The molecule has 0 rings (SSSR count). The maximum Gasteiger partial charge on any atom is 0.410 e. The molecule has 0 heterocycles. The number of nitrogens with two attached hydrogens (primary N) is 1. The van der Waals surface area contributed by atoms with Crippen molar-refractivity contribution < 1.29 is 9.53 Å². The summed E-state index contributed by atoms with van der Waals surface area (Å²) in [7, 11) is 0. The summed E-state index contributed by atoms with van der Waals surface area (Å²) < 4.78 is 5.37. The lowest BCUT2D eigenvalue weighted by atomic mass is 10.2. The van der Waals surface area contributed by atoms with Crippen molar-refractivity contribution in [3.8, 4) is 0 Å². The van der Waals surface area contributed by atoms with Crippen LogP contribution in [0, 0.1) is 0 Å². The van der Waals surface area contributed by atoms with Crippen molar-refractivity contribution in [2.45, 2.75) is 59.6 Å². The predicted molar refractivity (Wildman–Crippen MR) is 82.9 cm³/mol. The van der Waals surface area contributed by atoms with Gasteiger partial charge in [-0.3, -0.25) is 4.99 Å². The molecule has 118 valence electrons. The first-order valence-electron chi connectivity index (χ1n) is 7.20. The van der Waals surface area contributed by atoms with Crippen LogP contribution in [0.3, 0.4) is 0 Å². The molecule has 0 spiro atoms. The fraction of sp³-hybridized carbons (Fsp3) is 0.857. The number of carbonyl (C=O) groups is 1. The van der Waals surface area contributed by atoms with Gasteiger partial charge in [-0.25, -0.2) is 4.79 Å². The van der Waals surface area contributed by atoms with Gasteiger partial charge in [0.25, 0.3) is 0 Å². The first kappa shape index (κ1) is 18.5. The summed E-state index contributed by atoms with van der Waals surface area (Å²) in [4.78, 5) is 17.9. The van der Waals surface area contributed by atoms with E-state index < -0.39 is 5.60 Å². The minimum Gasteiger partial charge on any atom is -0.444 e. The number of aliphatic imine (C=N–C) groups is 1. The van der Waals surface area contributed by atoms with Crippen molar-refractivity contribution in [2.24, 2.45) is 10.7 Å². The van der Waals surface area contributed by atoms with Gasteiger partial charge >= 0.3 is 6.09 Å². The van der Waals surface area contributed by atoms with Gasteiger partial charge in [-0.2, -0.15) is 0 Å². The molecule has 0 aliphatic carbocycles. The molecular formula is C14H30N4O2. The molecule has 20 heavy (non-hydrogen) atoms. The van der Waals surface area contributed by atoms with Gasteiger partial charge in [-0.1, -0.05) is 6.92 Å². The summed E-state index contributed by atoms with van der Waals surface area (Å²) in [5.74, 6) is 0.403. The number of nitrogens with one attached hydrogen (secondary N) is 1. The molecule has 3 N–H and O–H groups in total. The molecule has 0 atom stereocenters. The van der Waals surface area contributed by atoms with Crippen molar-refractivity contribution in [3.05, 3.63) is 0 Å². The molecule has 0 aliphatic rings. The lowest BCUT2D eigenvalue weighted by molar-refractivity contribution is 0.0256. The minimum atomic E-state index is -0.482. The zero-order valence-corrected chi connectivity index (χ0v) is 13.7. The van der Waals surface area contributed by atoms with E-state index in [0.29, 0.717) is 25.6 Å². The Morgan fingerprint density at radius 1 is 1.35 bits per heavy atom. The molecule has 0 bridgehead atoms. The van der Waals surface area contributed by atoms with Crippen molar-refractivity contribution in [3.63, 3.8) is 0 Å². The molecule has 6 heteroatoms. The van der Waals surface area contributed by atoms with Crippen molar-refractivity contribution >= 4 is 12.1 Å². The molecule has 1 amide bonds. The Kier molecular flexibility index (Phi) is 8.03. The third-order valence-electron chi connectivity index (χ3n) is 2.23. The highest BCUT2D eigenvalue weighted by Crippen LogP contribution is 2.10. The maximum atomic E-state index is 12.0. The number of ether oxygens (including phenoxy) is 1. The van der Waals surface area contributed by atoms with Gasteiger partial charge in [0, 0.05) is 19.1 Å². The number of nitrogens with zero attached hydrogens (tertiary/aromatic N) is 2. The van der Waals surface area contributed by atoms with Gasteiger partial charge in [0.1, 0.15) is 5.60 Å². The topological polar surface area (TPSA) is 80.0 Å². The van der Waals surface area contributed by atoms with E-state index in [1.807, 2.05) is 41.5 Å². The number of hydrogen-bond donors (Lipinski definition) is 2. The minimum absolute atomic E-state index is 0.247. The van der Waals surface area contributed by atoms with E-state index >= 15 is 0 Å². The Balaban J connectivity index is 4.37. The van der Waals surface area contributed by atoms with E-state index in [9.17, 15) is 4.79 Å². The van der Waals surface area contributed by atoms with Gasteiger partial charge in [0.05, 0.1) is 6.54 Å².